The van der Waals surface area contributed by atoms with Gasteiger partial charge in [-0.25, -0.2) is 9.59 Å². The number of nitrogens with zero attached hydrogens (tertiary/aromatic N) is 1. The topological polar surface area (TPSA) is 114 Å². The number of ether oxygens (including phenoxy) is 2. The summed E-state index contributed by atoms with van der Waals surface area (Å²) in [6.45, 7) is 0. The molecule has 0 aliphatic heterocycles. The van der Waals surface area contributed by atoms with Crippen molar-refractivity contribution in [1.82, 2.24) is 9.97 Å². The molecular formula is C35H34ClN3O5. The molecule has 1 unspecified atom stereocenters. The molecule has 1 aliphatic rings. The lowest BCUT2D eigenvalue weighted by Crippen LogP contribution is -2.20. The van der Waals surface area contributed by atoms with Crippen LogP contribution in [0.25, 0.3) is 21.8 Å². The average Bonchev–Trinajstić information content (AvgIpc) is 3.68. The van der Waals surface area contributed by atoms with E-state index in [0.717, 1.165) is 83.6 Å². The number of amides is 1. The molecule has 3 N–H and O–H groups in total. The number of aromatic amines is 1. The van der Waals surface area contributed by atoms with Crippen LogP contribution in [0.1, 0.15) is 71.6 Å². The number of nitrogens with one attached hydrogen (secondary N) is 2. The van der Waals surface area contributed by atoms with Crippen LogP contribution in [0.4, 0.5) is 10.5 Å². The van der Waals surface area contributed by atoms with Gasteiger partial charge in [0.25, 0.3) is 0 Å². The Morgan fingerprint density at radius 1 is 1.05 bits per heavy atom. The summed E-state index contributed by atoms with van der Waals surface area (Å²) in [7, 11) is 1.55. The van der Waals surface area contributed by atoms with Gasteiger partial charge in [-0.05, 0) is 99.0 Å². The van der Waals surface area contributed by atoms with Gasteiger partial charge in [0.2, 0.25) is 0 Å². The van der Waals surface area contributed by atoms with E-state index in [9.17, 15) is 14.7 Å². The first-order valence-corrected chi connectivity index (χ1v) is 15.3. The highest BCUT2D eigenvalue weighted by molar-refractivity contribution is 6.31. The number of H-pyrrole nitrogens is 1. The highest BCUT2D eigenvalue weighted by atomic mass is 35.5. The molecule has 6 rings (SSSR count). The number of aromatic carboxylic acids is 1. The van der Waals surface area contributed by atoms with Gasteiger partial charge in [-0.1, -0.05) is 29.8 Å². The van der Waals surface area contributed by atoms with E-state index in [0.29, 0.717) is 16.5 Å². The normalized spacial score (nSPS) is 14.1. The monoisotopic (exact) mass is 611 g/mol. The number of aromatic nitrogens is 2. The fraction of sp³-hybridized carbons (Fsp3) is 0.286. The zero-order valence-electron chi connectivity index (χ0n) is 24.4. The smallest absolute Gasteiger partial charge is 0.411 e. The minimum absolute atomic E-state index is 0.0266. The number of fused-ring (bicyclic) bond motifs is 2. The van der Waals surface area contributed by atoms with Crippen LogP contribution in [0.5, 0.6) is 5.75 Å². The van der Waals surface area contributed by atoms with Gasteiger partial charge in [0, 0.05) is 50.4 Å². The van der Waals surface area contributed by atoms with Gasteiger partial charge in [-0.3, -0.25) is 10.3 Å². The molecule has 2 aromatic heterocycles. The van der Waals surface area contributed by atoms with Gasteiger partial charge in [0.1, 0.15) is 11.9 Å². The molecule has 1 fully saturated rings. The van der Waals surface area contributed by atoms with Crippen LogP contribution < -0.4 is 10.1 Å². The third-order valence-electron chi connectivity index (χ3n) is 8.40. The van der Waals surface area contributed by atoms with Gasteiger partial charge >= 0.3 is 12.1 Å². The van der Waals surface area contributed by atoms with E-state index >= 15 is 0 Å². The summed E-state index contributed by atoms with van der Waals surface area (Å²) < 4.78 is 11.3. The summed E-state index contributed by atoms with van der Waals surface area (Å²) in [6, 6.07) is 20.6. The standard InChI is InChI=1S/C35H34ClN3O5/c1-43-33-17-22(34(40)41)11-15-28(33)27(8-4-5-24-13-10-21-9-12-23(36)18-32(21)38-24)30-20-37-31-16-14-25(19-29(30)31)39-35(42)44-26-6-2-3-7-26/h9-20,26-27,37H,2-8H2,1H3,(H,39,42)(H,40,41). The van der Waals surface area contributed by atoms with E-state index in [1.54, 1.807) is 19.2 Å². The Hall–Kier alpha value is -4.56. The number of carbonyl (C=O) groups is 2. The number of methoxy groups -OCH3 is 1. The minimum atomic E-state index is -1.01. The zero-order valence-corrected chi connectivity index (χ0v) is 25.2. The van der Waals surface area contributed by atoms with Crippen molar-refractivity contribution in [2.45, 2.75) is 57.0 Å². The van der Waals surface area contributed by atoms with Crippen molar-refractivity contribution in [2.75, 3.05) is 12.4 Å². The van der Waals surface area contributed by atoms with Crippen LogP contribution in [-0.4, -0.2) is 40.4 Å². The predicted molar refractivity (Wildman–Crippen MR) is 172 cm³/mol. The SMILES string of the molecule is COc1cc(C(=O)O)ccc1C(CCCc1ccc2ccc(Cl)cc2n1)c1c[nH]c2ccc(NC(=O)OC3CCCC3)cc12. The van der Waals surface area contributed by atoms with Crippen molar-refractivity contribution in [1.29, 1.82) is 0 Å². The summed E-state index contributed by atoms with van der Waals surface area (Å²) in [5, 5.41) is 15.1. The van der Waals surface area contributed by atoms with E-state index in [2.05, 4.69) is 16.4 Å². The summed E-state index contributed by atoms with van der Waals surface area (Å²) in [5.41, 5.74) is 5.47. The fourth-order valence-electron chi connectivity index (χ4n) is 6.18. The largest absolute Gasteiger partial charge is 0.496 e. The number of aryl methyl sites for hydroxylation is 1. The van der Waals surface area contributed by atoms with E-state index in [1.165, 1.54) is 0 Å². The highest BCUT2D eigenvalue weighted by Crippen LogP contribution is 2.40. The van der Waals surface area contributed by atoms with E-state index in [4.69, 9.17) is 26.1 Å². The molecule has 1 saturated carbocycles. The fourth-order valence-corrected chi connectivity index (χ4v) is 6.35. The molecule has 0 saturated heterocycles. The van der Waals surface area contributed by atoms with Gasteiger partial charge in [-0.2, -0.15) is 0 Å². The Morgan fingerprint density at radius 2 is 1.86 bits per heavy atom. The number of halogens is 1. The molecule has 2 heterocycles. The summed E-state index contributed by atoms with van der Waals surface area (Å²) in [6.07, 6.45) is 7.79. The second-order valence-corrected chi connectivity index (χ2v) is 11.7. The quantitative estimate of drug-likeness (QED) is 0.145. The number of rotatable bonds is 10. The van der Waals surface area contributed by atoms with Gasteiger partial charge < -0.3 is 19.6 Å². The van der Waals surface area contributed by atoms with Gasteiger partial charge in [0.05, 0.1) is 18.2 Å². The van der Waals surface area contributed by atoms with Crippen LogP contribution in [0.15, 0.2) is 72.9 Å². The molecule has 3 aromatic carbocycles. The highest BCUT2D eigenvalue weighted by Gasteiger charge is 2.24. The lowest BCUT2D eigenvalue weighted by molar-refractivity contribution is 0.0696. The van der Waals surface area contributed by atoms with Crippen molar-refractivity contribution >= 4 is 51.2 Å². The number of carbonyl (C=O) groups excluding carboxylic acids is 1. The third kappa shape index (κ3) is 6.50. The Bertz CT molecular complexity index is 1830. The van der Waals surface area contributed by atoms with Gasteiger partial charge in [0.15, 0.2) is 0 Å². The Morgan fingerprint density at radius 3 is 2.66 bits per heavy atom. The third-order valence-corrected chi connectivity index (χ3v) is 8.64. The second-order valence-electron chi connectivity index (χ2n) is 11.3. The Balaban J connectivity index is 1.30. The number of carboxylic acid groups (broad SMARTS) is 1. The molecule has 0 spiro atoms. The Kier molecular flexibility index (Phi) is 8.70. The summed E-state index contributed by atoms with van der Waals surface area (Å²) >= 11 is 6.20. The van der Waals surface area contributed by atoms with Crippen molar-refractivity contribution in [3.8, 4) is 5.75 Å². The van der Waals surface area contributed by atoms with Crippen LogP contribution in [0, 0.1) is 0 Å². The van der Waals surface area contributed by atoms with Crippen molar-refractivity contribution < 1.29 is 24.2 Å². The molecule has 0 radical (unpaired) electrons. The molecule has 0 bridgehead atoms. The molecule has 226 valence electrons. The Labute approximate surface area is 260 Å². The van der Waals surface area contributed by atoms with E-state index < -0.39 is 12.1 Å². The van der Waals surface area contributed by atoms with Crippen LogP contribution >= 0.6 is 11.6 Å². The molecule has 1 amide bonds. The van der Waals surface area contributed by atoms with Crippen LogP contribution in [0.3, 0.4) is 0 Å². The van der Waals surface area contributed by atoms with Gasteiger partial charge in [-0.15, -0.1) is 0 Å². The molecular weight excluding hydrogens is 578 g/mol. The first-order valence-electron chi connectivity index (χ1n) is 14.9. The number of pyridine rings is 1. The molecule has 8 nitrogen and oxygen atoms in total. The lowest BCUT2D eigenvalue weighted by atomic mass is 9.85. The molecule has 9 heteroatoms. The number of benzene rings is 3. The maximum absolute atomic E-state index is 12.6. The minimum Gasteiger partial charge on any atom is -0.496 e. The van der Waals surface area contributed by atoms with Crippen molar-refractivity contribution in [3.63, 3.8) is 0 Å². The van der Waals surface area contributed by atoms with Crippen molar-refractivity contribution in [3.05, 3.63) is 100 Å². The average molecular weight is 612 g/mol. The molecule has 5 aromatic rings. The second kappa shape index (κ2) is 13.0. The maximum atomic E-state index is 12.6. The predicted octanol–water partition coefficient (Wildman–Crippen LogP) is 8.72. The number of hydrogen-bond donors (Lipinski definition) is 3. The maximum Gasteiger partial charge on any atom is 0.411 e. The zero-order chi connectivity index (χ0) is 30.6. The van der Waals surface area contributed by atoms with E-state index in [1.807, 2.05) is 54.7 Å². The molecule has 44 heavy (non-hydrogen) atoms. The summed E-state index contributed by atoms with van der Waals surface area (Å²) in [4.78, 5) is 32.5. The number of anilines is 1. The van der Waals surface area contributed by atoms with Crippen molar-refractivity contribution in [2.24, 2.45) is 0 Å². The number of carboxylic acids is 1. The van der Waals surface area contributed by atoms with E-state index in [-0.39, 0.29) is 17.6 Å². The van der Waals surface area contributed by atoms with Crippen LogP contribution in [-0.2, 0) is 11.2 Å². The lowest BCUT2D eigenvalue weighted by Gasteiger charge is -2.21. The first-order chi connectivity index (χ1) is 21.4. The number of hydrogen-bond acceptors (Lipinski definition) is 5. The van der Waals surface area contributed by atoms with Crippen LogP contribution in [0.2, 0.25) is 5.02 Å². The molecule has 1 atom stereocenters. The molecule has 1 aliphatic carbocycles. The first kappa shape index (κ1) is 29.5. The summed E-state index contributed by atoms with van der Waals surface area (Å²) in [5.74, 6) is -0.629.